The first-order chi connectivity index (χ1) is 4.27. The van der Waals surface area contributed by atoms with Crippen molar-refractivity contribution in [2.24, 2.45) is 0 Å². The van der Waals surface area contributed by atoms with Crippen molar-refractivity contribution in [1.29, 1.82) is 0 Å². The van der Waals surface area contributed by atoms with Crippen molar-refractivity contribution in [2.75, 3.05) is 0 Å². The molecule has 0 bridgehead atoms. The average Bonchev–Trinajstić information content (AvgIpc) is 1.90. The van der Waals surface area contributed by atoms with Gasteiger partial charge in [0.2, 0.25) is 0 Å². The number of dihydropyridines is 1. The van der Waals surface area contributed by atoms with Gasteiger partial charge in [0.05, 0.1) is 0 Å². The molecule has 2 nitrogen and oxygen atoms in total. The van der Waals surface area contributed by atoms with Crippen LogP contribution >= 0.6 is 0 Å². The minimum Gasteiger partial charge on any atom is -0.367 e. The van der Waals surface area contributed by atoms with Gasteiger partial charge in [0, 0.05) is 6.42 Å². The monoisotopic (exact) mass is 124 g/mol. The molecule has 1 aliphatic heterocycles. The van der Waals surface area contributed by atoms with E-state index in [9.17, 15) is 5.11 Å². The molecule has 1 unspecified atom stereocenters. The first-order valence-electron chi connectivity index (χ1n) is 2.92. The minimum atomic E-state index is -0.922. The number of hydrogen-bond acceptors (Lipinski definition) is 2. The topological polar surface area (TPSA) is 32.3 Å². The van der Waals surface area contributed by atoms with Gasteiger partial charge in [-0.15, -0.1) is 0 Å². The molecule has 0 aromatic rings. The van der Waals surface area contributed by atoms with E-state index in [2.05, 4.69) is 5.32 Å². The average molecular weight is 124 g/mol. The smallest absolute Gasteiger partial charge is 0.157 e. The Kier molecular flexibility index (Phi) is 1.58. The summed E-state index contributed by atoms with van der Waals surface area (Å²) < 4.78 is 0. The van der Waals surface area contributed by atoms with Gasteiger partial charge in [-0.1, -0.05) is 13.0 Å². The van der Waals surface area contributed by atoms with Crippen LogP contribution in [-0.2, 0) is 0 Å². The quantitative estimate of drug-likeness (QED) is 0.535. The fourth-order valence-corrected chi connectivity index (χ4v) is 0.667. The summed E-state index contributed by atoms with van der Waals surface area (Å²) in [4.78, 5) is 0. The highest BCUT2D eigenvalue weighted by Crippen LogP contribution is 2.08. The third-order valence-electron chi connectivity index (χ3n) is 1.31. The first kappa shape index (κ1) is 6.36. The normalized spacial score (nSPS) is 32.2. The lowest BCUT2D eigenvalue weighted by Crippen LogP contribution is -2.40. The van der Waals surface area contributed by atoms with Gasteiger partial charge in [-0.3, -0.25) is 0 Å². The summed E-state index contributed by atoms with van der Waals surface area (Å²) in [5.74, 6) is 0. The Morgan fingerprint density at radius 1 is 1.56 bits per heavy atom. The molecular formula is C7H10NO. The van der Waals surface area contributed by atoms with Crippen molar-refractivity contribution in [2.45, 2.75) is 12.6 Å². The van der Waals surface area contributed by atoms with Crippen molar-refractivity contribution >= 4 is 0 Å². The molecule has 2 heteroatoms. The van der Waals surface area contributed by atoms with Crippen LogP contribution in [0.25, 0.3) is 0 Å². The Morgan fingerprint density at radius 3 is 2.67 bits per heavy atom. The van der Waals surface area contributed by atoms with Crippen LogP contribution in [0.2, 0.25) is 0 Å². The van der Waals surface area contributed by atoms with Crippen molar-refractivity contribution in [3.8, 4) is 0 Å². The van der Waals surface area contributed by atoms with Crippen LogP contribution < -0.4 is 5.32 Å². The van der Waals surface area contributed by atoms with Gasteiger partial charge in [0.1, 0.15) is 0 Å². The number of nitrogens with one attached hydrogen (secondary N) is 1. The Balaban J connectivity index is 2.63. The van der Waals surface area contributed by atoms with E-state index in [0.29, 0.717) is 0 Å². The highest BCUT2D eigenvalue weighted by Gasteiger charge is 2.19. The van der Waals surface area contributed by atoms with Crippen LogP contribution in [-0.4, -0.2) is 10.8 Å². The zero-order valence-corrected chi connectivity index (χ0v) is 5.33. The predicted molar refractivity (Wildman–Crippen MR) is 36.3 cm³/mol. The van der Waals surface area contributed by atoms with Crippen LogP contribution in [0.15, 0.2) is 24.4 Å². The molecule has 49 valence electrons. The van der Waals surface area contributed by atoms with Crippen LogP contribution in [0.3, 0.4) is 0 Å². The van der Waals surface area contributed by atoms with Crippen LogP contribution in [0, 0.1) is 6.42 Å². The third kappa shape index (κ3) is 1.33. The van der Waals surface area contributed by atoms with E-state index in [1.54, 1.807) is 31.7 Å². The molecule has 1 radical (unpaired) electrons. The molecule has 1 atom stereocenters. The summed E-state index contributed by atoms with van der Waals surface area (Å²) in [5.41, 5.74) is -0.922. The van der Waals surface area contributed by atoms with E-state index in [4.69, 9.17) is 0 Å². The maximum atomic E-state index is 9.38. The molecule has 0 aromatic carbocycles. The third-order valence-corrected chi connectivity index (χ3v) is 1.31. The summed E-state index contributed by atoms with van der Waals surface area (Å²) >= 11 is 0. The van der Waals surface area contributed by atoms with Crippen molar-refractivity contribution < 1.29 is 5.11 Å². The van der Waals surface area contributed by atoms with Gasteiger partial charge in [0.25, 0.3) is 0 Å². The fraction of sp³-hybridized carbons (Fsp3) is 0.286. The van der Waals surface area contributed by atoms with Gasteiger partial charge in [-0.25, -0.2) is 0 Å². The Hall–Kier alpha value is -0.760. The Labute approximate surface area is 54.9 Å². The van der Waals surface area contributed by atoms with E-state index in [0.717, 1.165) is 0 Å². The number of aliphatic hydroxyl groups is 1. The standard InChI is InChI=1S/C7H10NO/c1-2-7(9)5-3-4-6-8-7/h2-6,8-9H,1H3. The maximum Gasteiger partial charge on any atom is 0.157 e. The molecule has 0 aromatic heterocycles. The van der Waals surface area contributed by atoms with E-state index in [1.807, 2.05) is 6.08 Å². The lowest BCUT2D eigenvalue weighted by molar-refractivity contribution is 0.102. The number of rotatable bonds is 1. The van der Waals surface area contributed by atoms with Crippen LogP contribution in [0.1, 0.15) is 6.92 Å². The fourth-order valence-electron chi connectivity index (χ4n) is 0.667. The lowest BCUT2D eigenvalue weighted by atomic mass is 10.1. The molecule has 0 amide bonds. The van der Waals surface area contributed by atoms with E-state index in [-0.39, 0.29) is 0 Å². The summed E-state index contributed by atoms with van der Waals surface area (Å²) in [7, 11) is 0. The van der Waals surface area contributed by atoms with Gasteiger partial charge < -0.3 is 10.4 Å². The summed E-state index contributed by atoms with van der Waals surface area (Å²) in [6.07, 6.45) is 8.72. The Bertz CT molecular complexity index is 151. The van der Waals surface area contributed by atoms with Gasteiger partial charge in [0.15, 0.2) is 5.72 Å². The van der Waals surface area contributed by atoms with Gasteiger partial charge in [-0.05, 0) is 18.4 Å². The SMILES string of the molecule is C[CH]C1(O)C=CC=CN1. The second kappa shape index (κ2) is 2.23. The zero-order valence-electron chi connectivity index (χ0n) is 5.33. The van der Waals surface area contributed by atoms with Crippen molar-refractivity contribution in [3.63, 3.8) is 0 Å². The maximum absolute atomic E-state index is 9.38. The molecule has 0 saturated heterocycles. The molecule has 0 fully saturated rings. The van der Waals surface area contributed by atoms with Crippen LogP contribution in [0.4, 0.5) is 0 Å². The first-order valence-corrected chi connectivity index (χ1v) is 2.92. The summed E-state index contributed by atoms with van der Waals surface area (Å²) in [6, 6.07) is 0. The number of allylic oxidation sites excluding steroid dienone is 2. The van der Waals surface area contributed by atoms with Crippen LogP contribution in [0.5, 0.6) is 0 Å². The molecule has 1 heterocycles. The molecule has 0 aliphatic carbocycles. The molecule has 1 rings (SSSR count). The lowest BCUT2D eigenvalue weighted by Gasteiger charge is -2.24. The highest BCUT2D eigenvalue weighted by atomic mass is 16.3. The van der Waals surface area contributed by atoms with Crippen molar-refractivity contribution in [1.82, 2.24) is 5.32 Å². The zero-order chi connectivity index (χ0) is 6.74. The molecule has 2 N–H and O–H groups in total. The van der Waals surface area contributed by atoms with E-state index in [1.165, 1.54) is 0 Å². The molecule has 9 heavy (non-hydrogen) atoms. The molecule has 0 saturated carbocycles. The molecule has 1 aliphatic rings. The molecular weight excluding hydrogens is 114 g/mol. The summed E-state index contributed by atoms with van der Waals surface area (Å²) in [6.45, 7) is 1.80. The second-order valence-electron chi connectivity index (χ2n) is 1.98. The summed E-state index contributed by atoms with van der Waals surface area (Å²) in [5, 5.41) is 12.2. The largest absolute Gasteiger partial charge is 0.367 e. The van der Waals surface area contributed by atoms with Gasteiger partial charge >= 0.3 is 0 Å². The highest BCUT2D eigenvalue weighted by molar-refractivity contribution is 5.18. The van der Waals surface area contributed by atoms with E-state index >= 15 is 0 Å². The Morgan fingerprint density at radius 2 is 2.33 bits per heavy atom. The second-order valence-corrected chi connectivity index (χ2v) is 1.98. The molecule has 0 spiro atoms. The van der Waals surface area contributed by atoms with Gasteiger partial charge in [-0.2, -0.15) is 0 Å². The van der Waals surface area contributed by atoms with E-state index < -0.39 is 5.72 Å². The van der Waals surface area contributed by atoms with Crippen molar-refractivity contribution in [3.05, 3.63) is 30.8 Å². The number of hydrogen-bond donors (Lipinski definition) is 2. The predicted octanol–water partition coefficient (Wildman–Crippen LogP) is 0.572. The minimum absolute atomic E-state index is 0.922.